The molecule has 2 aromatic carbocycles. The summed E-state index contributed by atoms with van der Waals surface area (Å²) in [4.78, 5) is 93.4. The maximum Gasteiger partial charge on any atom is 0.328 e. The van der Waals surface area contributed by atoms with E-state index in [1.807, 2.05) is 0 Å². The highest BCUT2D eigenvalue weighted by atomic mass is 19.1. The Morgan fingerprint density at radius 2 is 0.868 bits per heavy atom. The van der Waals surface area contributed by atoms with Crippen molar-refractivity contribution in [2.24, 2.45) is 10.2 Å². The number of amides is 2. The van der Waals surface area contributed by atoms with Gasteiger partial charge in [-0.15, -0.1) is 0 Å². The Labute approximate surface area is 381 Å². The van der Waals surface area contributed by atoms with Crippen molar-refractivity contribution < 1.29 is 77.8 Å². The van der Waals surface area contributed by atoms with Crippen molar-refractivity contribution in [3.8, 4) is 0 Å². The fourth-order valence-electron chi connectivity index (χ4n) is 8.94. The fraction of sp³-hybridized carbons (Fsp3) is 0.273. The third-order valence-electron chi connectivity index (χ3n) is 11.8. The fourth-order valence-corrected chi connectivity index (χ4v) is 8.94. The number of carboxylic acid groups (broad SMARTS) is 6. The van der Waals surface area contributed by atoms with Crippen LogP contribution in [0.3, 0.4) is 0 Å². The molecular formula is C44H42F2N8O14. The predicted octanol–water partition coefficient (Wildman–Crippen LogP) is 3.29. The SMILES string of the molecule is C[C@]12CCCN1CC1=NNC(=O)c3cc(F)cc4[nH]c2c1c34.C[C@]12CCCN1CC1=NNC(=O)c3cc(F)cc4[nH]c2c1c34.O=C(O)/C=C\C(=O)O.O=C(O)/C=C\C(=O)O.O=C(O)/C=C\C(=O)O. The van der Waals surface area contributed by atoms with Crippen LogP contribution in [0.25, 0.3) is 21.8 Å². The van der Waals surface area contributed by atoms with Crippen LogP contribution < -0.4 is 10.9 Å². The molecule has 0 spiro atoms. The summed E-state index contributed by atoms with van der Waals surface area (Å²) in [6.45, 7) is 7.89. The van der Waals surface area contributed by atoms with Gasteiger partial charge in [-0.05, 0) is 76.9 Å². The van der Waals surface area contributed by atoms with Crippen LogP contribution >= 0.6 is 0 Å². The number of hydrogen-bond acceptors (Lipinski definition) is 12. The Kier molecular flexibility index (Phi) is 14.1. The van der Waals surface area contributed by atoms with E-state index in [2.05, 4.69) is 54.7 Å². The summed E-state index contributed by atoms with van der Waals surface area (Å²) >= 11 is 0. The van der Waals surface area contributed by atoms with E-state index in [-0.39, 0.29) is 22.9 Å². The molecule has 0 unspecified atom stereocenters. The highest BCUT2D eigenvalue weighted by Crippen LogP contribution is 2.47. The molecule has 2 atom stereocenters. The van der Waals surface area contributed by atoms with Crippen molar-refractivity contribution in [3.05, 3.63) is 106 Å². The molecule has 10 N–H and O–H groups in total. The molecule has 8 heterocycles. The van der Waals surface area contributed by atoms with E-state index in [1.165, 1.54) is 24.3 Å². The number of aliphatic carboxylic acids is 6. The van der Waals surface area contributed by atoms with Crippen LogP contribution in [0.5, 0.6) is 0 Å². The lowest BCUT2D eigenvalue weighted by molar-refractivity contribution is -0.134. The maximum atomic E-state index is 13.9. The number of benzene rings is 2. The van der Waals surface area contributed by atoms with E-state index in [9.17, 15) is 47.1 Å². The predicted molar refractivity (Wildman–Crippen MR) is 234 cm³/mol. The van der Waals surface area contributed by atoms with Gasteiger partial charge in [0.1, 0.15) is 11.6 Å². The molecule has 10 rings (SSSR count). The number of H-pyrrole nitrogens is 2. The van der Waals surface area contributed by atoms with Gasteiger partial charge in [0.25, 0.3) is 11.8 Å². The van der Waals surface area contributed by atoms with Gasteiger partial charge in [0.05, 0.1) is 44.7 Å². The largest absolute Gasteiger partial charge is 0.478 e. The molecule has 6 aliphatic heterocycles. The van der Waals surface area contributed by atoms with Crippen molar-refractivity contribution in [1.82, 2.24) is 30.6 Å². The van der Waals surface area contributed by atoms with Crippen LogP contribution in [0.15, 0.2) is 70.9 Å². The van der Waals surface area contributed by atoms with Gasteiger partial charge in [0, 0.05) is 82.8 Å². The number of hydrogen-bond donors (Lipinski definition) is 10. The molecular weight excluding hydrogens is 903 g/mol. The maximum absolute atomic E-state index is 13.9. The molecule has 2 aromatic heterocycles. The number of carbonyl (C=O) groups is 8. The average Bonchev–Trinajstić information content (AvgIpc) is 4.02. The number of aromatic amines is 2. The first kappa shape index (κ1) is 49.1. The summed E-state index contributed by atoms with van der Waals surface area (Å²) in [6, 6.07) is 5.53. The number of nitrogens with zero attached hydrogens (tertiary/aromatic N) is 4. The van der Waals surface area contributed by atoms with E-state index in [0.717, 1.165) is 83.5 Å². The summed E-state index contributed by atoms with van der Waals surface area (Å²) < 4.78 is 27.8. The second kappa shape index (κ2) is 19.6. The Morgan fingerprint density at radius 1 is 0.559 bits per heavy atom. The number of aromatic nitrogens is 2. The summed E-state index contributed by atoms with van der Waals surface area (Å²) in [6.07, 6.45) is 7.72. The third kappa shape index (κ3) is 10.2. The number of halogens is 2. The van der Waals surface area contributed by atoms with Crippen molar-refractivity contribution >= 4 is 80.9 Å². The van der Waals surface area contributed by atoms with Gasteiger partial charge in [-0.1, -0.05) is 0 Å². The third-order valence-corrected chi connectivity index (χ3v) is 11.8. The van der Waals surface area contributed by atoms with Crippen LogP contribution in [0.1, 0.15) is 82.8 Å². The molecule has 22 nitrogen and oxygen atoms in total. The van der Waals surface area contributed by atoms with Crippen molar-refractivity contribution in [1.29, 1.82) is 0 Å². The van der Waals surface area contributed by atoms with Crippen LogP contribution in [0, 0.1) is 11.6 Å². The smallest absolute Gasteiger partial charge is 0.328 e. The normalized spacial score (nSPS) is 20.6. The lowest BCUT2D eigenvalue weighted by Gasteiger charge is -2.39. The highest BCUT2D eigenvalue weighted by molar-refractivity contribution is 6.22. The first-order valence-corrected chi connectivity index (χ1v) is 20.4. The van der Waals surface area contributed by atoms with Crippen LogP contribution in [-0.2, 0) is 39.8 Å². The van der Waals surface area contributed by atoms with Crippen LogP contribution in [0.4, 0.5) is 8.78 Å². The summed E-state index contributed by atoms with van der Waals surface area (Å²) in [5.74, 6) is -9.06. The Morgan fingerprint density at radius 3 is 1.16 bits per heavy atom. The van der Waals surface area contributed by atoms with Gasteiger partial charge in [0.15, 0.2) is 0 Å². The molecule has 24 heteroatoms. The Bertz CT molecular complexity index is 2690. The van der Waals surface area contributed by atoms with Gasteiger partial charge in [-0.25, -0.2) is 48.4 Å². The lowest BCUT2D eigenvalue weighted by atomic mass is 9.85. The lowest BCUT2D eigenvalue weighted by Crippen LogP contribution is -2.47. The molecule has 2 saturated heterocycles. The van der Waals surface area contributed by atoms with Crippen LogP contribution in [0.2, 0.25) is 0 Å². The molecule has 356 valence electrons. The molecule has 4 aromatic rings. The first-order chi connectivity index (χ1) is 32.0. The second-order valence-corrected chi connectivity index (χ2v) is 16.1. The Balaban J connectivity index is 0.000000154. The summed E-state index contributed by atoms with van der Waals surface area (Å²) in [5, 5.41) is 57.1. The molecule has 2 amide bonds. The highest BCUT2D eigenvalue weighted by Gasteiger charge is 2.48. The zero-order valence-electron chi connectivity index (χ0n) is 35.9. The summed E-state index contributed by atoms with van der Waals surface area (Å²) in [7, 11) is 0. The Hall–Kier alpha value is -8.38. The van der Waals surface area contributed by atoms with Gasteiger partial charge in [-0.3, -0.25) is 19.4 Å². The first-order valence-electron chi connectivity index (χ1n) is 20.4. The van der Waals surface area contributed by atoms with Crippen molar-refractivity contribution in [2.75, 3.05) is 26.2 Å². The zero-order chi connectivity index (χ0) is 49.8. The minimum absolute atomic E-state index is 0.0888. The molecule has 0 radical (unpaired) electrons. The van der Waals surface area contributed by atoms with E-state index in [4.69, 9.17) is 30.6 Å². The minimum atomic E-state index is -1.26. The van der Waals surface area contributed by atoms with Gasteiger partial charge < -0.3 is 40.6 Å². The minimum Gasteiger partial charge on any atom is -0.478 e. The number of nitrogens with one attached hydrogen (secondary N) is 4. The molecule has 2 fully saturated rings. The van der Waals surface area contributed by atoms with Gasteiger partial charge in [0.2, 0.25) is 0 Å². The zero-order valence-corrected chi connectivity index (χ0v) is 35.9. The summed E-state index contributed by atoms with van der Waals surface area (Å²) in [5.41, 5.74) is 12.9. The number of fused-ring (bicyclic) bond motifs is 4. The molecule has 68 heavy (non-hydrogen) atoms. The number of carboxylic acids is 6. The number of carbonyl (C=O) groups excluding carboxylic acids is 2. The van der Waals surface area contributed by atoms with Crippen molar-refractivity contribution in [2.45, 2.75) is 50.6 Å². The van der Waals surface area contributed by atoms with Crippen molar-refractivity contribution in [3.63, 3.8) is 0 Å². The standard InChI is InChI=1S/2C16H15FN4O.3C4H4O4/c2*1-16-3-2-4-21(16)7-11-13-12-9(15(22)20-19-11)5-8(17)6-10(12)18-14(13)16;3*5-3(6)1-2-4(7)8/h2*5-6,18H,2-4,7H2,1H3,(H,20,22);3*1-2H,(H,5,6)(H,7,8)/b;;3*2-1-/t2*16-;;;/m11.../s1. The number of hydrazone groups is 2. The monoisotopic (exact) mass is 944 g/mol. The average molecular weight is 945 g/mol. The quantitative estimate of drug-likeness (QED) is 0.124. The van der Waals surface area contributed by atoms with E-state index in [1.54, 1.807) is 0 Å². The molecule has 0 bridgehead atoms. The topological polar surface area (TPSA) is 345 Å². The van der Waals surface area contributed by atoms with Gasteiger partial charge in [-0.2, -0.15) is 10.2 Å². The van der Waals surface area contributed by atoms with E-state index >= 15 is 0 Å². The van der Waals surface area contributed by atoms with E-state index in [0.29, 0.717) is 71.7 Å². The molecule has 0 saturated carbocycles. The molecule has 0 aliphatic carbocycles. The molecule has 6 aliphatic rings. The van der Waals surface area contributed by atoms with E-state index < -0.39 is 47.5 Å². The van der Waals surface area contributed by atoms with Crippen LogP contribution in [-0.4, -0.2) is 136 Å². The second-order valence-electron chi connectivity index (χ2n) is 16.1. The van der Waals surface area contributed by atoms with Gasteiger partial charge >= 0.3 is 35.8 Å². The number of rotatable bonds is 6.